The summed E-state index contributed by atoms with van der Waals surface area (Å²) in [5, 5.41) is 6.21. The summed E-state index contributed by atoms with van der Waals surface area (Å²) in [6.45, 7) is 12.2. The Morgan fingerprint density at radius 2 is 1.91 bits per heavy atom. The molecule has 0 radical (unpaired) electrons. The lowest BCUT2D eigenvalue weighted by Gasteiger charge is -2.37. The van der Waals surface area contributed by atoms with Crippen molar-refractivity contribution in [1.29, 1.82) is 0 Å². The average Bonchev–Trinajstić information content (AvgIpc) is 2.45. The third-order valence-corrected chi connectivity index (χ3v) is 3.76. The van der Waals surface area contributed by atoms with Crippen molar-refractivity contribution in [3.8, 4) is 0 Å². The van der Waals surface area contributed by atoms with E-state index in [0.29, 0.717) is 13.1 Å². The molecule has 2 N–H and O–H groups in total. The summed E-state index contributed by atoms with van der Waals surface area (Å²) >= 11 is 0. The topological polar surface area (TPSA) is 70.7 Å². The Bertz CT molecular complexity index is 391. The Balaban J connectivity index is 2.35. The van der Waals surface area contributed by atoms with Crippen LogP contribution in [0.1, 0.15) is 53.9 Å². The van der Waals surface area contributed by atoms with Crippen LogP contribution in [0.3, 0.4) is 0 Å². The van der Waals surface area contributed by atoms with E-state index in [9.17, 15) is 9.59 Å². The molecule has 0 saturated carbocycles. The maximum Gasteiger partial charge on any atom is 0.410 e. The second-order valence-electron chi connectivity index (χ2n) is 7.47. The van der Waals surface area contributed by atoms with Crippen LogP contribution in [0.15, 0.2) is 0 Å². The molecule has 0 aromatic rings. The molecule has 134 valence electrons. The number of hydrogen-bond acceptors (Lipinski definition) is 4. The molecule has 0 spiro atoms. The van der Waals surface area contributed by atoms with Crippen molar-refractivity contribution in [3.05, 3.63) is 0 Å². The molecule has 6 heteroatoms. The Morgan fingerprint density at radius 3 is 2.52 bits per heavy atom. The van der Waals surface area contributed by atoms with Crippen molar-refractivity contribution in [3.63, 3.8) is 0 Å². The van der Waals surface area contributed by atoms with Crippen molar-refractivity contribution in [1.82, 2.24) is 15.5 Å². The molecule has 0 aliphatic carbocycles. The fourth-order valence-electron chi connectivity index (χ4n) is 2.52. The largest absolute Gasteiger partial charge is 0.444 e. The van der Waals surface area contributed by atoms with Crippen molar-refractivity contribution < 1.29 is 14.3 Å². The van der Waals surface area contributed by atoms with E-state index in [2.05, 4.69) is 10.6 Å². The van der Waals surface area contributed by atoms with Crippen LogP contribution in [0.2, 0.25) is 0 Å². The lowest BCUT2D eigenvalue weighted by atomic mass is 10.0. The number of carbonyl (C=O) groups is 2. The van der Waals surface area contributed by atoms with Gasteiger partial charge in [-0.3, -0.25) is 4.79 Å². The number of nitrogens with zero attached hydrogens (tertiary/aromatic N) is 1. The molecule has 0 aromatic heterocycles. The maximum absolute atomic E-state index is 12.3. The van der Waals surface area contributed by atoms with Gasteiger partial charge in [-0.1, -0.05) is 13.8 Å². The van der Waals surface area contributed by atoms with Crippen molar-refractivity contribution in [2.24, 2.45) is 5.92 Å². The minimum Gasteiger partial charge on any atom is -0.444 e. The second-order valence-corrected chi connectivity index (χ2v) is 7.47. The quantitative estimate of drug-likeness (QED) is 0.733. The molecule has 1 aliphatic heterocycles. The third kappa shape index (κ3) is 7.68. The lowest BCUT2D eigenvalue weighted by molar-refractivity contribution is -0.123. The number of piperidine rings is 1. The highest BCUT2D eigenvalue weighted by Crippen LogP contribution is 2.19. The van der Waals surface area contributed by atoms with E-state index in [4.69, 9.17) is 4.74 Å². The van der Waals surface area contributed by atoms with Crippen LogP contribution >= 0.6 is 0 Å². The first-order chi connectivity index (χ1) is 10.7. The summed E-state index contributed by atoms with van der Waals surface area (Å²) in [6.07, 6.45) is 2.93. The summed E-state index contributed by atoms with van der Waals surface area (Å²) in [5.41, 5.74) is -0.465. The lowest BCUT2D eigenvalue weighted by Crippen LogP contribution is -2.50. The highest BCUT2D eigenvalue weighted by atomic mass is 16.6. The van der Waals surface area contributed by atoms with E-state index in [0.717, 1.165) is 32.4 Å². The number of amides is 2. The van der Waals surface area contributed by atoms with Gasteiger partial charge in [-0.25, -0.2) is 4.79 Å². The van der Waals surface area contributed by atoms with Gasteiger partial charge in [0.15, 0.2) is 0 Å². The van der Waals surface area contributed by atoms with Crippen LogP contribution in [-0.2, 0) is 9.53 Å². The molecule has 1 rings (SSSR count). The van der Waals surface area contributed by atoms with Gasteiger partial charge in [0.2, 0.25) is 5.91 Å². The Hall–Kier alpha value is -1.30. The molecule has 1 aliphatic rings. The standard InChI is InChI=1S/C17H33N3O3/c1-13(2)15(21)19-10-9-18-12-14-8-6-7-11-20(14)16(22)23-17(3,4)5/h13-14,18H,6-12H2,1-5H3,(H,19,21). The number of ether oxygens (including phenoxy) is 1. The summed E-state index contributed by atoms with van der Waals surface area (Å²) in [5.74, 6) is 0.0795. The zero-order chi connectivity index (χ0) is 17.5. The molecule has 2 amide bonds. The number of nitrogens with one attached hydrogen (secondary N) is 2. The van der Waals surface area contributed by atoms with Crippen LogP contribution < -0.4 is 10.6 Å². The molecule has 6 nitrogen and oxygen atoms in total. The first-order valence-electron chi connectivity index (χ1n) is 8.69. The molecular formula is C17H33N3O3. The van der Waals surface area contributed by atoms with Crippen LogP contribution in [0, 0.1) is 5.92 Å². The smallest absolute Gasteiger partial charge is 0.410 e. The minimum atomic E-state index is -0.465. The number of likely N-dealkylation sites (tertiary alicyclic amines) is 1. The van der Waals surface area contributed by atoms with Gasteiger partial charge < -0.3 is 20.3 Å². The van der Waals surface area contributed by atoms with Crippen molar-refractivity contribution in [2.45, 2.75) is 65.5 Å². The van der Waals surface area contributed by atoms with E-state index in [1.54, 1.807) is 0 Å². The second kappa shape index (κ2) is 9.11. The van der Waals surface area contributed by atoms with Gasteiger partial charge in [-0.05, 0) is 40.0 Å². The van der Waals surface area contributed by atoms with Crippen molar-refractivity contribution >= 4 is 12.0 Å². The molecule has 1 atom stereocenters. The molecule has 23 heavy (non-hydrogen) atoms. The number of rotatable bonds is 6. The summed E-state index contributed by atoms with van der Waals surface area (Å²) in [7, 11) is 0. The van der Waals surface area contributed by atoms with Crippen LogP contribution in [0.5, 0.6) is 0 Å². The first kappa shape index (κ1) is 19.7. The fourth-order valence-corrected chi connectivity index (χ4v) is 2.52. The fraction of sp³-hybridized carbons (Fsp3) is 0.882. The van der Waals surface area contributed by atoms with Gasteiger partial charge >= 0.3 is 6.09 Å². The monoisotopic (exact) mass is 327 g/mol. The van der Waals surface area contributed by atoms with Crippen molar-refractivity contribution in [2.75, 3.05) is 26.2 Å². The molecule has 0 bridgehead atoms. The van der Waals surface area contributed by atoms with Crippen LogP contribution in [0.25, 0.3) is 0 Å². The highest BCUT2D eigenvalue weighted by Gasteiger charge is 2.30. The molecule has 1 heterocycles. The molecule has 1 unspecified atom stereocenters. The highest BCUT2D eigenvalue weighted by molar-refractivity contribution is 5.77. The predicted octanol–water partition coefficient (Wildman–Crippen LogP) is 2.14. The first-order valence-corrected chi connectivity index (χ1v) is 8.69. The minimum absolute atomic E-state index is 0.0102. The van der Waals surface area contributed by atoms with Gasteiger partial charge in [0.1, 0.15) is 5.60 Å². The van der Waals surface area contributed by atoms with Crippen LogP contribution in [-0.4, -0.2) is 54.7 Å². The number of carbonyl (C=O) groups excluding carboxylic acids is 2. The molecular weight excluding hydrogens is 294 g/mol. The average molecular weight is 327 g/mol. The zero-order valence-corrected chi connectivity index (χ0v) is 15.3. The van der Waals surface area contributed by atoms with E-state index in [1.165, 1.54) is 0 Å². The van der Waals surface area contributed by atoms with Gasteiger partial charge in [0.25, 0.3) is 0 Å². The van der Waals surface area contributed by atoms with E-state index < -0.39 is 5.60 Å². The van der Waals surface area contributed by atoms with Gasteiger partial charge in [-0.2, -0.15) is 0 Å². The Kier molecular flexibility index (Phi) is 7.82. The van der Waals surface area contributed by atoms with E-state index in [-0.39, 0.29) is 24.0 Å². The Labute approximate surface area is 140 Å². The van der Waals surface area contributed by atoms with Gasteiger partial charge in [-0.15, -0.1) is 0 Å². The van der Waals surface area contributed by atoms with E-state index in [1.807, 2.05) is 39.5 Å². The summed E-state index contributed by atoms with van der Waals surface area (Å²) in [6, 6.07) is 0.166. The zero-order valence-electron chi connectivity index (χ0n) is 15.3. The molecule has 1 fully saturated rings. The predicted molar refractivity (Wildman–Crippen MR) is 91.3 cm³/mol. The third-order valence-electron chi connectivity index (χ3n) is 3.76. The van der Waals surface area contributed by atoms with Gasteiger partial charge in [0, 0.05) is 38.1 Å². The molecule has 1 saturated heterocycles. The van der Waals surface area contributed by atoms with Gasteiger partial charge in [0.05, 0.1) is 0 Å². The summed E-state index contributed by atoms with van der Waals surface area (Å²) in [4.78, 5) is 25.6. The van der Waals surface area contributed by atoms with E-state index >= 15 is 0 Å². The summed E-state index contributed by atoms with van der Waals surface area (Å²) < 4.78 is 5.49. The molecule has 0 aromatic carbocycles. The Morgan fingerprint density at radius 1 is 1.22 bits per heavy atom. The van der Waals surface area contributed by atoms with Crippen LogP contribution in [0.4, 0.5) is 4.79 Å². The number of hydrogen-bond donors (Lipinski definition) is 2. The normalized spacial score (nSPS) is 18.9. The SMILES string of the molecule is CC(C)C(=O)NCCNCC1CCCCN1C(=O)OC(C)(C)C. The maximum atomic E-state index is 12.3.